The van der Waals surface area contributed by atoms with Crippen LogP contribution in [0.15, 0.2) is 48.5 Å². The first kappa shape index (κ1) is 17.1. The van der Waals surface area contributed by atoms with E-state index < -0.39 is 0 Å². The highest BCUT2D eigenvalue weighted by molar-refractivity contribution is 5.73. The molecule has 0 saturated carbocycles. The molecule has 23 heavy (non-hydrogen) atoms. The maximum Gasteiger partial charge on any atom is 0.219 e. The third-order valence-electron chi connectivity index (χ3n) is 4.14. The SMILES string of the molecule is CCOc1ccc(-c2ccc(CC(C)N(C)C(C)=O)cc2)cc1. The second kappa shape index (κ2) is 7.82. The Bertz CT molecular complexity index is 632. The van der Waals surface area contributed by atoms with Crippen molar-refractivity contribution in [3.8, 4) is 16.9 Å². The highest BCUT2D eigenvalue weighted by atomic mass is 16.5. The van der Waals surface area contributed by atoms with E-state index in [1.807, 2.05) is 26.1 Å². The van der Waals surface area contributed by atoms with E-state index in [0.29, 0.717) is 6.61 Å². The van der Waals surface area contributed by atoms with Crippen LogP contribution >= 0.6 is 0 Å². The molecule has 2 rings (SSSR count). The second-order valence-electron chi connectivity index (χ2n) is 5.84. The van der Waals surface area contributed by atoms with Gasteiger partial charge in [0.1, 0.15) is 5.75 Å². The molecule has 1 unspecified atom stereocenters. The summed E-state index contributed by atoms with van der Waals surface area (Å²) >= 11 is 0. The van der Waals surface area contributed by atoms with Crippen LogP contribution in [0.5, 0.6) is 5.75 Å². The van der Waals surface area contributed by atoms with Crippen LogP contribution < -0.4 is 4.74 Å². The minimum Gasteiger partial charge on any atom is -0.494 e. The van der Waals surface area contributed by atoms with Crippen LogP contribution in [0.1, 0.15) is 26.3 Å². The molecule has 2 aromatic carbocycles. The third kappa shape index (κ3) is 4.59. The van der Waals surface area contributed by atoms with Crippen molar-refractivity contribution in [1.29, 1.82) is 0 Å². The lowest BCUT2D eigenvalue weighted by Gasteiger charge is -2.23. The molecular formula is C20H25NO2. The van der Waals surface area contributed by atoms with Crippen molar-refractivity contribution in [1.82, 2.24) is 4.90 Å². The Morgan fingerprint density at radius 3 is 2.04 bits per heavy atom. The number of hydrogen-bond acceptors (Lipinski definition) is 2. The molecule has 0 aliphatic carbocycles. The summed E-state index contributed by atoms with van der Waals surface area (Å²) in [6, 6.07) is 16.9. The second-order valence-corrected chi connectivity index (χ2v) is 5.84. The Kier molecular flexibility index (Phi) is 5.80. The lowest BCUT2D eigenvalue weighted by atomic mass is 10.0. The van der Waals surface area contributed by atoms with Gasteiger partial charge in [-0.25, -0.2) is 0 Å². The predicted molar refractivity (Wildman–Crippen MR) is 94.7 cm³/mol. The molecule has 0 N–H and O–H groups in total. The van der Waals surface area contributed by atoms with Crippen molar-refractivity contribution in [3.05, 3.63) is 54.1 Å². The van der Waals surface area contributed by atoms with Gasteiger partial charge in [0.05, 0.1) is 6.61 Å². The quantitative estimate of drug-likeness (QED) is 0.801. The lowest BCUT2D eigenvalue weighted by molar-refractivity contribution is -0.129. The van der Waals surface area contributed by atoms with Gasteiger partial charge in [0, 0.05) is 20.0 Å². The standard InChI is InChI=1S/C20H25NO2/c1-5-23-20-12-10-19(11-13-20)18-8-6-17(7-9-18)14-15(2)21(4)16(3)22/h6-13,15H,5,14H2,1-4H3. The fraction of sp³-hybridized carbons (Fsp3) is 0.350. The van der Waals surface area contributed by atoms with Gasteiger partial charge in [-0.3, -0.25) is 4.79 Å². The van der Waals surface area contributed by atoms with Crippen LogP contribution in [-0.4, -0.2) is 30.5 Å². The largest absolute Gasteiger partial charge is 0.494 e. The Hall–Kier alpha value is -2.29. The average Bonchev–Trinajstić information content (AvgIpc) is 2.56. The van der Waals surface area contributed by atoms with Gasteiger partial charge in [-0.05, 0) is 49.1 Å². The maximum absolute atomic E-state index is 11.4. The zero-order valence-corrected chi connectivity index (χ0v) is 14.4. The molecule has 1 atom stereocenters. The van der Waals surface area contributed by atoms with Crippen molar-refractivity contribution >= 4 is 5.91 Å². The molecule has 0 saturated heterocycles. The van der Waals surface area contributed by atoms with Crippen LogP contribution in [0.2, 0.25) is 0 Å². The third-order valence-corrected chi connectivity index (χ3v) is 4.14. The molecule has 1 amide bonds. The molecular weight excluding hydrogens is 286 g/mol. The number of nitrogens with zero attached hydrogens (tertiary/aromatic N) is 1. The molecule has 3 nitrogen and oxygen atoms in total. The maximum atomic E-state index is 11.4. The first-order valence-electron chi connectivity index (χ1n) is 8.06. The normalized spacial score (nSPS) is 11.8. The fourth-order valence-corrected chi connectivity index (χ4v) is 2.53. The van der Waals surface area contributed by atoms with E-state index in [9.17, 15) is 4.79 Å². The summed E-state index contributed by atoms with van der Waals surface area (Å²) < 4.78 is 5.47. The van der Waals surface area contributed by atoms with E-state index in [4.69, 9.17) is 4.74 Å². The molecule has 0 aliphatic heterocycles. The Labute approximate surface area is 138 Å². The summed E-state index contributed by atoms with van der Waals surface area (Å²) in [7, 11) is 1.85. The van der Waals surface area contributed by atoms with Crippen molar-refractivity contribution in [3.63, 3.8) is 0 Å². The Morgan fingerprint density at radius 1 is 1.04 bits per heavy atom. The number of carbonyl (C=O) groups excluding carboxylic acids is 1. The number of hydrogen-bond donors (Lipinski definition) is 0. The van der Waals surface area contributed by atoms with E-state index >= 15 is 0 Å². The number of ether oxygens (including phenoxy) is 1. The predicted octanol–water partition coefficient (Wildman–Crippen LogP) is 4.16. The van der Waals surface area contributed by atoms with E-state index in [1.165, 1.54) is 16.7 Å². The van der Waals surface area contributed by atoms with Gasteiger partial charge in [-0.2, -0.15) is 0 Å². The van der Waals surface area contributed by atoms with Gasteiger partial charge in [-0.15, -0.1) is 0 Å². The minimum absolute atomic E-state index is 0.100. The van der Waals surface area contributed by atoms with Crippen molar-refractivity contribution < 1.29 is 9.53 Å². The molecule has 122 valence electrons. The van der Waals surface area contributed by atoms with Crippen LogP contribution in [0.3, 0.4) is 0 Å². The fourth-order valence-electron chi connectivity index (χ4n) is 2.53. The molecule has 0 fully saturated rings. The summed E-state index contributed by atoms with van der Waals surface area (Å²) in [6.07, 6.45) is 0.861. The summed E-state index contributed by atoms with van der Waals surface area (Å²) in [5.74, 6) is 0.998. The monoisotopic (exact) mass is 311 g/mol. The smallest absolute Gasteiger partial charge is 0.219 e. The van der Waals surface area contributed by atoms with Gasteiger partial charge >= 0.3 is 0 Å². The molecule has 2 aromatic rings. The Morgan fingerprint density at radius 2 is 1.57 bits per heavy atom. The molecule has 0 bridgehead atoms. The summed E-state index contributed by atoms with van der Waals surface area (Å²) in [6.45, 7) is 6.34. The zero-order valence-electron chi connectivity index (χ0n) is 14.4. The van der Waals surface area contributed by atoms with E-state index in [2.05, 4.69) is 43.3 Å². The summed E-state index contributed by atoms with van der Waals surface area (Å²) in [5, 5.41) is 0. The molecule has 0 aromatic heterocycles. The average molecular weight is 311 g/mol. The molecule has 0 aliphatic rings. The number of amides is 1. The number of carbonyl (C=O) groups is 1. The first-order valence-corrected chi connectivity index (χ1v) is 8.06. The highest BCUT2D eigenvalue weighted by Crippen LogP contribution is 2.23. The molecule has 0 spiro atoms. The van der Waals surface area contributed by atoms with Crippen molar-refractivity contribution in [2.24, 2.45) is 0 Å². The minimum atomic E-state index is 0.100. The van der Waals surface area contributed by atoms with Gasteiger partial charge in [0.25, 0.3) is 0 Å². The number of benzene rings is 2. The van der Waals surface area contributed by atoms with Gasteiger partial charge in [0.15, 0.2) is 0 Å². The molecule has 3 heteroatoms. The van der Waals surface area contributed by atoms with Crippen LogP contribution in [-0.2, 0) is 11.2 Å². The van der Waals surface area contributed by atoms with Gasteiger partial charge in [0.2, 0.25) is 5.91 Å². The van der Waals surface area contributed by atoms with E-state index in [-0.39, 0.29) is 11.9 Å². The van der Waals surface area contributed by atoms with E-state index in [0.717, 1.165) is 12.2 Å². The first-order chi connectivity index (χ1) is 11.0. The Balaban J connectivity index is 2.05. The lowest BCUT2D eigenvalue weighted by Crippen LogP contribution is -2.34. The van der Waals surface area contributed by atoms with Crippen LogP contribution in [0.25, 0.3) is 11.1 Å². The molecule has 0 radical (unpaired) electrons. The van der Waals surface area contributed by atoms with Gasteiger partial charge in [-0.1, -0.05) is 36.4 Å². The summed E-state index contributed by atoms with van der Waals surface area (Å²) in [4.78, 5) is 13.2. The van der Waals surface area contributed by atoms with Crippen LogP contribution in [0, 0.1) is 0 Å². The summed E-state index contributed by atoms with van der Waals surface area (Å²) in [5.41, 5.74) is 3.60. The van der Waals surface area contributed by atoms with Crippen molar-refractivity contribution in [2.75, 3.05) is 13.7 Å². The van der Waals surface area contributed by atoms with Crippen LogP contribution in [0.4, 0.5) is 0 Å². The van der Waals surface area contributed by atoms with Crippen molar-refractivity contribution in [2.45, 2.75) is 33.2 Å². The molecule has 0 heterocycles. The topological polar surface area (TPSA) is 29.5 Å². The highest BCUT2D eigenvalue weighted by Gasteiger charge is 2.12. The van der Waals surface area contributed by atoms with Gasteiger partial charge < -0.3 is 9.64 Å². The number of likely N-dealkylation sites (N-methyl/N-ethyl adjacent to an activating group) is 1. The number of rotatable bonds is 6. The zero-order chi connectivity index (χ0) is 16.8. The van der Waals surface area contributed by atoms with E-state index in [1.54, 1.807) is 11.8 Å².